The number of nitrogens with zero attached hydrogens (tertiary/aromatic N) is 7. The Hall–Kier alpha value is -2.65. The molecule has 2 aliphatic rings. The summed E-state index contributed by atoms with van der Waals surface area (Å²) < 4.78 is 41.4. The molecular weight excluding hydrogens is 506 g/mol. The SMILES string of the molecule is COc1ncc(-c2nc(N3CCOCC3)c3cc(CN4CCN(S(C)(=O)=O)CC4)sc3n2)c(OC)n1. The van der Waals surface area contributed by atoms with Gasteiger partial charge in [-0.1, -0.05) is 0 Å². The van der Waals surface area contributed by atoms with E-state index in [1.54, 1.807) is 24.6 Å². The van der Waals surface area contributed by atoms with Gasteiger partial charge in [-0.2, -0.15) is 9.29 Å². The normalized spacial score (nSPS) is 18.0. The molecule has 12 nitrogen and oxygen atoms in total. The highest BCUT2D eigenvalue weighted by Gasteiger charge is 2.25. The van der Waals surface area contributed by atoms with Crippen LogP contribution in [0.4, 0.5) is 5.82 Å². The fourth-order valence-electron chi connectivity index (χ4n) is 4.37. The van der Waals surface area contributed by atoms with E-state index in [1.165, 1.54) is 17.7 Å². The summed E-state index contributed by atoms with van der Waals surface area (Å²) in [6.45, 7) is 5.86. The number of methoxy groups -OCH3 is 2. The second-order valence-electron chi connectivity index (χ2n) is 8.62. The van der Waals surface area contributed by atoms with E-state index in [4.69, 9.17) is 24.2 Å². The van der Waals surface area contributed by atoms with Crippen LogP contribution in [0.5, 0.6) is 11.9 Å². The maximum Gasteiger partial charge on any atom is 0.319 e. The van der Waals surface area contributed by atoms with E-state index < -0.39 is 10.0 Å². The van der Waals surface area contributed by atoms with Crippen molar-refractivity contribution < 1.29 is 22.6 Å². The van der Waals surface area contributed by atoms with Gasteiger partial charge in [-0.25, -0.2) is 23.4 Å². The van der Waals surface area contributed by atoms with Gasteiger partial charge in [-0.05, 0) is 6.07 Å². The van der Waals surface area contributed by atoms with Crippen LogP contribution in [0.3, 0.4) is 0 Å². The van der Waals surface area contributed by atoms with Gasteiger partial charge in [0.1, 0.15) is 16.2 Å². The molecular formula is C22H29N7O5S2. The molecule has 3 aromatic heterocycles. The molecule has 5 rings (SSSR count). The Balaban J connectivity index is 1.49. The van der Waals surface area contributed by atoms with Gasteiger partial charge in [-0.15, -0.1) is 11.3 Å². The van der Waals surface area contributed by atoms with Gasteiger partial charge in [0.2, 0.25) is 15.9 Å². The molecule has 14 heteroatoms. The summed E-state index contributed by atoms with van der Waals surface area (Å²) in [6.07, 6.45) is 2.88. The highest BCUT2D eigenvalue weighted by Crippen LogP contribution is 2.36. The monoisotopic (exact) mass is 535 g/mol. The third kappa shape index (κ3) is 5.22. The summed E-state index contributed by atoms with van der Waals surface area (Å²) >= 11 is 1.62. The number of ether oxygens (including phenoxy) is 3. The second kappa shape index (κ2) is 10.4. The van der Waals surface area contributed by atoms with Crippen LogP contribution in [0.15, 0.2) is 12.3 Å². The van der Waals surface area contributed by atoms with Crippen molar-refractivity contribution in [3.63, 3.8) is 0 Å². The van der Waals surface area contributed by atoms with Gasteiger partial charge in [0, 0.05) is 56.9 Å². The minimum atomic E-state index is -3.16. The summed E-state index contributed by atoms with van der Waals surface area (Å²) in [5.41, 5.74) is 0.585. The maximum atomic E-state index is 11.8. The third-order valence-corrected chi connectivity index (χ3v) is 8.58. The summed E-state index contributed by atoms with van der Waals surface area (Å²) in [6, 6.07) is 2.36. The lowest BCUT2D eigenvalue weighted by Crippen LogP contribution is -2.47. The fourth-order valence-corrected chi connectivity index (χ4v) is 6.26. The van der Waals surface area contributed by atoms with Crippen molar-refractivity contribution in [3.8, 4) is 23.3 Å². The molecule has 0 aliphatic carbocycles. The molecule has 0 bridgehead atoms. The smallest absolute Gasteiger partial charge is 0.319 e. The zero-order valence-electron chi connectivity index (χ0n) is 20.5. The van der Waals surface area contributed by atoms with E-state index in [0.717, 1.165) is 40.5 Å². The van der Waals surface area contributed by atoms with Crippen molar-refractivity contribution in [2.75, 3.05) is 77.9 Å². The standard InChI is InChI=1S/C22H29N7O5S2/c1-32-20-17(13-23-22(26-20)33-2)18-24-19(28-8-10-34-11-9-28)16-12-15(35-21(16)25-18)14-27-4-6-29(7-5-27)36(3,30)31/h12-13H,4-11,14H2,1-3H3. The van der Waals surface area contributed by atoms with Crippen molar-refractivity contribution in [2.45, 2.75) is 6.54 Å². The number of fused-ring (bicyclic) bond motifs is 1. The van der Waals surface area contributed by atoms with Crippen LogP contribution in [0.25, 0.3) is 21.6 Å². The highest BCUT2D eigenvalue weighted by molar-refractivity contribution is 7.88. The van der Waals surface area contributed by atoms with E-state index in [9.17, 15) is 8.42 Å². The number of anilines is 1. The molecule has 2 fully saturated rings. The Kier molecular flexibility index (Phi) is 7.21. The predicted molar refractivity (Wildman–Crippen MR) is 136 cm³/mol. The maximum absolute atomic E-state index is 11.8. The van der Waals surface area contributed by atoms with Crippen molar-refractivity contribution >= 4 is 37.4 Å². The first-order valence-corrected chi connectivity index (χ1v) is 14.3. The zero-order chi connectivity index (χ0) is 25.3. The van der Waals surface area contributed by atoms with Crippen molar-refractivity contribution in [2.24, 2.45) is 0 Å². The zero-order valence-corrected chi connectivity index (χ0v) is 22.1. The first kappa shape index (κ1) is 25.0. The van der Waals surface area contributed by atoms with Gasteiger partial charge < -0.3 is 19.1 Å². The summed E-state index contributed by atoms with van der Waals surface area (Å²) in [7, 11) is -0.112. The molecule has 2 saturated heterocycles. The molecule has 3 aromatic rings. The number of aromatic nitrogens is 4. The van der Waals surface area contributed by atoms with E-state index in [-0.39, 0.29) is 6.01 Å². The molecule has 0 saturated carbocycles. The Labute approximate surface area is 213 Å². The molecule has 0 unspecified atom stereocenters. The fraction of sp³-hybridized carbons (Fsp3) is 0.545. The number of thiophene rings is 1. The first-order chi connectivity index (χ1) is 17.4. The topological polar surface area (TPSA) is 123 Å². The molecule has 2 aliphatic heterocycles. The molecule has 194 valence electrons. The molecule has 5 heterocycles. The van der Waals surface area contributed by atoms with Gasteiger partial charge in [0.05, 0.1) is 39.1 Å². The minimum Gasteiger partial charge on any atom is -0.480 e. The summed E-state index contributed by atoms with van der Waals surface area (Å²) in [5.74, 6) is 1.67. The Morgan fingerprint density at radius 1 is 1.03 bits per heavy atom. The van der Waals surface area contributed by atoms with Crippen LogP contribution in [0, 0.1) is 0 Å². The van der Waals surface area contributed by atoms with Gasteiger partial charge in [0.25, 0.3) is 0 Å². The van der Waals surface area contributed by atoms with Crippen LogP contribution in [-0.4, -0.2) is 111 Å². The van der Waals surface area contributed by atoms with Crippen molar-refractivity contribution in [3.05, 3.63) is 17.1 Å². The third-order valence-electron chi connectivity index (χ3n) is 6.26. The van der Waals surface area contributed by atoms with Crippen LogP contribution < -0.4 is 14.4 Å². The minimum absolute atomic E-state index is 0.208. The molecule has 0 radical (unpaired) electrons. The lowest BCUT2D eigenvalue weighted by atomic mass is 10.2. The molecule has 0 aromatic carbocycles. The molecule has 0 N–H and O–H groups in total. The first-order valence-electron chi connectivity index (χ1n) is 11.6. The number of sulfonamides is 1. The van der Waals surface area contributed by atoms with Crippen LogP contribution >= 0.6 is 11.3 Å². The van der Waals surface area contributed by atoms with E-state index in [2.05, 4.69) is 25.8 Å². The quantitative estimate of drug-likeness (QED) is 0.432. The van der Waals surface area contributed by atoms with Gasteiger partial charge in [0.15, 0.2) is 5.82 Å². The molecule has 0 atom stereocenters. The molecule has 0 amide bonds. The lowest BCUT2D eigenvalue weighted by Gasteiger charge is -2.32. The van der Waals surface area contributed by atoms with E-state index in [0.29, 0.717) is 56.7 Å². The number of hydrogen-bond donors (Lipinski definition) is 0. The Morgan fingerprint density at radius 2 is 1.78 bits per heavy atom. The molecule has 36 heavy (non-hydrogen) atoms. The predicted octanol–water partition coefficient (Wildman–Crippen LogP) is 1.08. The highest BCUT2D eigenvalue weighted by atomic mass is 32.2. The van der Waals surface area contributed by atoms with E-state index >= 15 is 0 Å². The van der Waals surface area contributed by atoms with Crippen molar-refractivity contribution in [1.29, 1.82) is 0 Å². The average Bonchev–Trinajstić information content (AvgIpc) is 3.30. The van der Waals surface area contributed by atoms with Gasteiger partial charge in [-0.3, -0.25) is 4.90 Å². The van der Waals surface area contributed by atoms with Crippen LogP contribution in [0.2, 0.25) is 0 Å². The van der Waals surface area contributed by atoms with Crippen LogP contribution in [-0.2, 0) is 21.3 Å². The van der Waals surface area contributed by atoms with Crippen molar-refractivity contribution in [1.82, 2.24) is 29.1 Å². The summed E-state index contributed by atoms with van der Waals surface area (Å²) in [4.78, 5) is 24.8. The van der Waals surface area contributed by atoms with Crippen LogP contribution in [0.1, 0.15) is 4.88 Å². The Bertz CT molecular complexity index is 1340. The summed E-state index contributed by atoms with van der Waals surface area (Å²) in [5, 5.41) is 0.990. The average molecular weight is 536 g/mol. The van der Waals surface area contributed by atoms with E-state index in [1.807, 2.05) is 0 Å². The lowest BCUT2D eigenvalue weighted by molar-refractivity contribution is 0.122. The molecule has 0 spiro atoms. The number of piperazine rings is 1. The second-order valence-corrected chi connectivity index (χ2v) is 11.7. The van der Waals surface area contributed by atoms with Gasteiger partial charge >= 0.3 is 6.01 Å². The number of rotatable bonds is 7. The largest absolute Gasteiger partial charge is 0.480 e. The number of morpholine rings is 1. The number of hydrogen-bond acceptors (Lipinski definition) is 12. The Morgan fingerprint density at radius 3 is 2.44 bits per heavy atom.